The van der Waals surface area contributed by atoms with E-state index >= 15 is 0 Å². The number of aliphatic hydroxyl groups excluding tert-OH is 1. The molecule has 1 amide bonds. The van der Waals surface area contributed by atoms with E-state index in [0.29, 0.717) is 18.5 Å². The highest BCUT2D eigenvalue weighted by Gasteiger charge is 2.45. The molecule has 1 heterocycles. The van der Waals surface area contributed by atoms with Gasteiger partial charge in [-0.1, -0.05) is 54.8 Å². The van der Waals surface area contributed by atoms with Crippen LogP contribution in [-0.4, -0.2) is 57.7 Å². The summed E-state index contributed by atoms with van der Waals surface area (Å²) in [6.07, 6.45) is 5.15. The Morgan fingerprint density at radius 3 is 2.22 bits per heavy atom. The summed E-state index contributed by atoms with van der Waals surface area (Å²) >= 11 is 3.47. The van der Waals surface area contributed by atoms with Gasteiger partial charge in [0.1, 0.15) is 5.76 Å². The van der Waals surface area contributed by atoms with Gasteiger partial charge in [-0.2, -0.15) is 0 Å². The fourth-order valence-electron chi connectivity index (χ4n) is 4.59. The molecule has 1 atom stereocenters. The lowest BCUT2D eigenvalue weighted by Crippen LogP contribution is -2.34. The van der Waals surface area contributed by atoms with Gasteiger partial charge >= 0.3 is 0 Å². The zero-order chi connectivity index (χ0) is 26.9. The first-order valence-electron chi connectivity index (χ1n) is 12.8. The van der Waals surface area contributed by atoms with E-state index in [0.717, 1.165) is 49.8 Å². The number of ketones is 1. The third-order valence-corrected chi connectivity index (χ3v) is 7.08. The van der Waals surface area contributed by atoms with Crippen LogP contribution in [0.15, 0.2) is 58.6 Å². The minimum absolute atomic E-state index is 0.00854. The van der Waals surface area contributed by atoms with Crippen LogP contribution in [0.3, 0.4) is 0 Å². The van der Waals surface area contributed by atoms with E-state index in [1.807, 2.05) is 24.3 Å². The zero-order valence-electron chi connectivity index (χ0n) is 21.4. The Hall–Kier alpha value is -3.04. The smallest absolute Gasteiger partial charge is 0.295 e. The molecule has 0 bridgehead atoms. The molecule has 198 valence electrons. The quantitative estimate of drug-likeness (QED) is 0.103. The highest BCUT2D eigenvalue weighted by atomic mass is 79.9. The number of nitrogens with zero attached hydrogens (tertiary/aromatic N) is 3. The van der Waals surface area contributed by atoms with Crippen LogP contribution in [0.25, 0.3) is 5.76 Å². The van der Waals surface area contributed by atoms with E-state index in [1.165, 1.54) is 24.3 Å². The Bertz CT molecular complexity index is 1140. The molecule has 0 aromatic heterocycles. The molecule has 3 rings (SSSR count). The van der Waals surface area contributed by atoms with Crippen molar-refractivity contribution in [3.63, 3.8) is 0 Å². The number of likely N-dealkylation sites (tertiary alicyclic amines) is 1. The number of carbonyl (C=O) groups is 2. The van der Waals surface area contributed by atoms with Crippen LogP contribution in [0.5, 0.6) is 0 Å². The summed E-state index contributed by atoms with van der Waals surface area (Å²) in [7, 11) is 0. The summed E-state index contributed by atoms with van der Waals surface area (Å²) in [4.78, 5) is 40.9. The second kappa shape index (κ2) is 13.5. The molecule has 0 saturated carbocycles. The molecular weight excluding hydrogens is 538 g/mol. The number of non-ortho nitro benzene ring substituents is 1. The van der Waals surface area contributed by atoms with Gasteiger partial charge in [-0.05, 0) is 68.7 Å². The Kier molecular flexibility index (Phi) is 10.4. The van der Waals surface area contributed by atoms with Gasteiger partial charge in [-0.15, -0.1) is 0 Å². The Morgan fingerprint density at radius 1 is 1.03 bits per heavy atom. The molecule has 1 N–H and O–H groups in total. The van der Waals surface area contributed by atoms with Crippen LogP contribution >= 0.6 is 15.9 Å². The molecule has 2 aromatic carbocycles. The number of hydrogen-bond donors (Lipinski definition) is 1. The van der Waals surface area contributed by atoms with Crippen LogP contribution in [0, 0.1) is 10.1 Å². The summed E-state index contributed by atoms with van der Waals surface area (Å²) in [5.74, 6) is -1.75. The summed E-state index contributed by atoms with van der Waals surface area (Å²) < 4.78 is 0.788. The molecule has 1 aliphatic heterocycles. The summed E-state index contributed by atoms with van der Waals surface area (Å²) in [6.45, 7) is 7.53. The Labute approximate surface area is 226 Å². The second-order valence-corrected chi connectivity index (χ2v) is 10.2. The number of nitro groups is 1. The van der Waals surface area contributed by atoms with E-state index < -0.39 is 22.7 Å². The molecule has 37 heavy (non-hydrogen) atoms. The number of benzene rings is 2. The molecule has 1 saturated heterocycles. The van der Waals surface area contributed by atoms with Crippen LogP contribution in [-0.2, 0) is 9.59 Å². The maximum atomic E-state index is 13.2. The predicted octanol–water partition coefficient (Wildman–Crippen LogP) is 6.07. The lowest BCUT2D eigenvalue weighted by atomic mass is 9.95. The number of aliphatic hydroxyl groups is 1. The first-order valence-corrected chi connectivity index (χ1v) is 13.6. The zero-order valence-corrected chi connectivity index (χ0v) is 22.9. The van der Waals surface area contributed by atoms with Gasteiger partial charge in [0.15, 0.2) is 0 Å². The topological polar surface area (TPSA) is 104 Å². The maximum absolute atomic E-state index is 13.2. The van der Waals surface area contributed by atoms with Crippen LogP contribution in [0.1, 0.15) is 63.1 Å². The fraction of sp³-hybridized carbons (Fsp3) is 0.429. The van der Waals surface area contributed by atoms with Crippen molar-refractivity contribution in [2.24, 2.45) is 0 Å². The molecule has 1 aliphatic rings. The first kappa shape index (κ1) is 28.5. The van der Waals surface area contributed by atoms with Crippen molar-refractivity contribution < 1.29 is 19.6 Å². The van der Waals surface area contributed by atoms with Gasteiger partial charge < -0.3 is 14.9 Å². The molecule has 0 radical (unpaired) electrons. The van der Waals surface area contributed by atoms with Gasteiger partial charge in [0.2, 0.25) is 0 Å². The van der Waals surface area contributed by atoms with E-state index in [1.54, 1.807) is 4.90 Å². The van der Waals surface area contributed by atoms with Crippen molar-refractivity contribution in [3.05, 3.63) is 79.8 Å². The molecule has 1 fully saturated rings. The maximum Gasteiger partial charge on any atom is 0.295 e. The molecule has 8 nitrogen and oxygen atoms in total. The summed E-state index contributed by atoms with van der Waals surface area (Å²) in [6, 6.07) is 11.9. The van der Waals surface area contributed by atoms with Crippen molar-refractivity contribution >= 4 is 39.1 Å². The van der Waals surface area contributed by atoms with E-state index in [-0.39, 0.29) is 22.6 Å². The number of amides is 1. The summed E-state index contributed by atoms with van der Waals surface area (Å²) in [5, 5.41) is 22.2. The van der Waals surface area contributed by atoms with Crippen molar-refractivity contribution in [1.82, 2.24) is 9.80 Å². The largest absolute Gasteiger partial charge is 0.507 e. The lowest BCUT2D eigenvalue weighted by molar-refractivity contribution is -0.384. The molecular formula is C28H34BrN3O5. The summed E-state index contributed by atoms with van der Waals surface area (Å²) in [5.41, 5.74) is 0.807. The van der Waals surface area contributed by atoms with Crippen LogP contribution in [0.2, 0.25) is 0 Å². The van der Waals surface area contributed by atoms with Gasteiger partial charge in [-0.25, -0.2) is 0 Å². The van der Waals surface area contributed by atoms with Crippen molar-refractivity contribution in [2.45, 2.75) is 52.0 Å². The standard InChI is InChI=1S/C28H34BrN3O5/c1-3-5-15-30(16-6-4-2)17-8-18-31-25(21-9-7-10-22(29)19-21)24(27(34)28(31)35)26(33)20-11-13-23(14-12-20)32(36)37/h7,9-14,19,25,33H,3-6,8,15-18H2,1-2H3/t25-/m0/s1. The van der Waals surface area contributed by atoms with Gasteiger partial charge in [0.05, 0.1) is 16.5 Å². The Morgan fingerprint density at radius 2 is 1.65 bits per heavy atom. The van der Waals surface area contributed by atoms with Gasteiger partial charge in [-0.3, -0.25) is 19.7 Å². The third kappa shape index (κ3) is 7.05. The first-order chi connectivity index (χ1) is 17.8. The normalized spacial score (nSPS) is 17.1. The van der Waals surface area contributed by atoms with Crippen molar-refractivity contribution in [2.75, 3.05) is 26.2 Å². The van der Waals surface area contributed by atoms with Gasteiger partial charge in [0.25, 0.3) is 17.4 Å². The number of nitro benzene ring substituents is 1. The fourth-order valence-corrected chi connectivity index (χ4v) is 5.01. The Balaban J connectivity index is 1.93. The predicted molar refractivity (Wildman–Crippen MR) is 147 cm³/mol. The molecule has 0 unspecified atom stereocenters. The van der Waals surface area contributed by atoms with E-state index in [2.05, 4.69) is 34.7 Å². The SMILES string of the molecule is CCCCN(CCCC)CCCN1C(=O)C(=O)C(=C(O)c2ccc([N+](=O)[O-])cc2)[C@@H]1c1cccc(Br)c1. The van der Waals surface area contributed by atoms with Crippen molar-refractivity contribution in [1.29, 1.82) is 0 Å². The van der Waals surface area contributed by atoms with E-state index in [9.17, 15) is 24.8 Å². The number of Topliss-reactive ketones (excluding diaryl/α,β-unsaturated/α-hetero) is 1. The molecule has 0 spiro atoms. The molecule has 2 aromatic rings. The average molecular weight is 573 g/mol. The number of rotatable bonds is 13. The monoisotopic (exact) mass is 571 g/mol. The highest BCUT2D eigenvalue weighted by molar-refractivity contribution is 9.10. The van der Waals surface area contributed by atoms with Crippen LogP contribution in [0.4, 0.5) is 5.69 Å². The minimum Gasteiger partial charge on any atom is -0.507 e. The minimum atomic E-state index is -0.757. The van der Waals surface area contributed by atoms with E-state index in [4.69, 9.17) is 0 Å². The average Bonchev–Trinajstić information content (AvgIpc) is 3.14. The molecule has 0 aliphatic carbocycles. The number of halogens is 1. The number of hydrogen-bond acceptors (Lipinski definition) is 6. The molecule has 9 heteroatoms. The van der Waals surface area contributed by atoms with Crippen LogP contribution < -0.4 is 0 Å². The number of carbonyl (C=O) groups excluding carboxylic acids is 2. The third-order valence-electron chi connectivity index (χ3n) is 6.59. The second-order valence-electron chi connectivity index (χ2n) is 9.25. The lowest BCUT2D eigenvalue weighted by Gasteiger charge is -2.27. The van der Waals surface area contributed by atoms with Crippen molar-refractivity contribution in [3.8, 4) is 0 Å². The highest BCUT2D eigenvalue weighted by Crippen LogP contribution is 2.40. The van der Waals surface area contributed by atoms with Gasteiger partial charge in [0, 0.05) is 28.7 Å². The number of unbranched alkanes of at least 4 members (excludes halogenated alkanes) is 2.